The van der Waals surface area contributed by atoms with Crippen LogP contribution in [0, 0.1) is 0 Å². The largest absolute Gasteiger partial charge is 0.399 e. The van der Waals surface area contributed by atoms with Gasteiger partial charge in [0.25, 0.3) is 0 Å². The van der Waals surface area contributed by atoms with Gasteiger partial charge in [0.2, 0.25) is 0 Å². The molecule has 8 aromatic rings. The van der Waals surface area contributed by atoms with Gasteiger partial charge in [-0.2, -0.15) is 0 Å². The summed E-state index contributed by atoms with van der Waals surface area (Å²) in [6, 6.07) is 65.2. The molecule has 2 aliphatic carbocycles. The fourth-order valence-corrected chi connectivity index (χ4v) is 10.7. The Morgan fingerprint density at radius 2 is 1.12 bits per heavy atom. The Bertz CT molecular complexity index is 2840. The van der Waals surface area contributed by atoms with Crippen LogP contribution in [-0.2, 0) is 5.41 Å². The number of nitrogens with zero attached hydrogens (tertiary/aromatic N) is 2. The summed E-state index contributed by atoms with van der Waals surface area (Å²) >= 11 is 1.95. The number of hydrogen-bond acceptors (Lipinski definition) is 4. The molecule has 0 fully saturated rings. The minimum absolute atomic E-state index is 0.205. The zero-order valence-electron chi connectivity index (χ0n) is 31.1. The van der Waals surface area contributed by atoms with Crippen molar-refractivity contribution in [1.82, 2.24) is 9.97 Å². The van der Waals surface area contributed by atoms with Crippen LogP contribution >= 0.6 is 11.8 Å². The van der Waals surface area contributed by atoms with Crippen molar-refractivity contribution in [3.63, 3.8) is 0 Å². The van der Waals surface area contributed by atoms with E-state index in [-0.39, 0.29) is 5.92 Å². The lowest BCUT2D eigenvalue weighted by Gasteiger charge is -2.43. The van der Waals surface area contributed by atoms with Crippen LogP contribution in [0.4, 0.5) is 5.69 Å². The molecule has 0 saturated heterocycles. The van der Waals surface area contributed by atoms with E-state index in [4.69, 9.17) is 15.7 Å². The Labute approximate surface area is 337 Å². The van der Waals surface area contributed by atoms with Crippen LogP contribution in [0.2, 0.25) is 0 Å². The van der Waals surface area contributed by atoms with Crippen molar-refractivity contribution in [3.8, 4) is 56.2 Å². The van der Waals surface area contributed by atoms with Gasteiger partial charge in [-0.1, -0.05) is 182 Å². The molecule has 2 heterocycles. The van der Waals surface area contributed by atoms with Crippen molar-refractivity contribution >= 4 is 17.4 Å². The lowest BCUT2D eigenvalue weighted by molar-refractivity contribution is 0.702. The summed E-state index contributed by atoms with van der Waals surface area (Å²) in [6.45, 7) is 0. The fraction of sp³-hybridized carbons (Fsp3) is 0.0566. The molecule has 57 heavy (non-hydrogen) atoms. The van der Waals surface area contributed by atoms with E-state index in [1.54, 1.807) is 0 Å². The van der Waals surface area contributed by atoms with E-state index in [9.17, 15) is 0 Å². The van der Waals surface area contributed by atoms with Crippen LogP contribution < -0.4 is 5.73 Å². The van der Waals surface area contributed by atoms with Crippen molar-refractivity contribution in [3.05, 3.63) is 227 Å². The molecule has 11 rings (SSSR count). The van der Waals surface area contributed by atoms with E-state index in [0.29, 0.717) is 0 Å². The van der Waals surface area contributed by atoms with Crippen LogP contribution in [0.15, 0.2) is 210 Å². The first kappa shape index (κ1) is 33.6. The monoisotopic (exact) mass is 747 g/mol. The maximum Gasteiger partial charge on any atom is 0.160 e. The first-order valence-electron chi connectivity index (χ1n) is 19.5. The van der Waals surface area contributed by atoms with Gasteiger partial charge >= 0.3 is 0 Å². The topological polar surface area (TPSA) is 51.8 Å². The third-order valence-electron chi connectivity index (χ3n) is 11.9. The van der Waals surface area contributed by atoms with E-state index in [2.05, 4.69) is 158 Å². The summed E-state index contributed by atoms with van der Waals surface area (Å²) in [5.74, 6) is 0.929. The number of fused-ring (bicyclic) bond motifs is 8. The molecule has 2 unspecified atom stereocenters. The van der Waals surface area contributed by atoms with Crippen LogP contribution in [0.3, 0.4) is 0 Å². The molecule has 270 valence electrons. The molecule has 1 aliphatic heterocycles. The lowest BCUT2D eigenvalue weighted by Crippen LogP contribution is -2.34. The third-order valence-corrected chi connectivity index (χ3v) is 13.2. The minimum atomic E-state index is -0.454. The van der Waals surface area contributed by atoms with Crippen molar-refractivity contribution in [2.45, 2.75) is 22.6 Å². The lowest BCUT2D eigenvalue weighted by atomic mass is 9.64. The molecule has 2 atom stereocenters. The molecule has 1 spiro atoms. The normalized spacial score (nSPS) is 17.5. The fourth-order valence-electron chi connectivity index (χ4n) is 9.32. The number of thioether (sulfide) groups is 1. The van der Waals surface area contributed by atoms with Crippen LogP contribution in [0.1, 0.15) is 34.6 Å². The molecule has 2 N–H and O–H groups in total. The standard InChI is InChI=1S/C53H37N3S/c54-39-31-29-34(30-32-39)40-18-11-22-45-50(40)42-17-7-8-20-43(42)53(45)44-21-9-10-24-49(44)57-51-41(19-12-23-46(51)53)35-25-27-37(28-26-35)48-33-47(36-13-3-1-4-14-36)55-52(56-48)38-15-5-2-6-16-38/h1-18,20-33,41H,19,54H2. The van der Waals surface area contributed by atoms with Gasteiger partial charge in [0.05, 0.1) is 16.8 Å². The number of hydrogen-bond donors (Lipinski definition) is 1. The van der Waals surface area contributed by atoms with Crippen LogP contribution in [0.5, 0.6) is 0 Å². The zero-order chi connectivity index (χ0) is 37.9. The van der Waals surface area contributed by atoms with Crippen LogP contribution in [-0.4, -0.2) is 9.97 Å². The molecular formula is C53H37N3S. The Kier molecular flexibility index (Phi) is 7.94. The SMILES string of the molecule is Nc1ccc(-c2cccc3c2-c2ccccc2C32C3=C(Sc4ccccc42)C(c2ccc(-c4cc(-c5ccccc5)nc(-c5ccccc5)n4)cc2)CC=C3)cc1. The molecule has 3 nitrogen and oxygen atoms in total. The summed E-state index contributed by atoms with van der Waals surface area (Å²) in [6.07, 6.45) is 5.77. The van der Waals surface area contributed by atoms with Gasteiger partial charge in [0, 0.05) is 38.1 Å². The minimum Gasteiger partial charge on any atom is -0.399 e. The summed E-state index contributed by atoms with van der Waals surface area (Å²) in [7, 11) is 0. The maximum atomic E-state index is 6.17. The predicted molar refractivity (Wildman–Crippen MR) is 236 cm³/mol. The zero-order valence-corrected chi connectivity index (χ0v) is 32.0. The maximum absolute atomic E-state index is 6.17. The molecule has 3 aliphatic rings. The summed E-state index contributed by atoms with van der Waals surface area (Å²) < 4.78 is 0. The number of nitrogen functional groups attached to an aromatic ring is 1. The van der Waals surface area contributed by atoms with Crippen molar-refractivity contribution in [2.75, 3.05) is 5.73 Å². The third kappa shape index (κ3) is 5.36. The smallest absolute Gasteiger partial charge is 0.160 e. The average molecular weight is 748 g/mol. The van der Waals surface area contributed by atoms with Gasteiger partial charge in [-0.05, 0) is 80.8 Å². The first-order chi connectivity index (χ1) is 28.2. The summed E-state index contributed by atoms with van der Waals surface area (Å²) in [5.41, 5.74) is 23.2. The van der Waals surface area contributed by atoms with Crippen molar-refractivity contribution < 1.29 is 0 Å². The number of rotatable bonds is 5. The van der Waals surface area contributed by atoms with E-state index in [1.165, 1.54) is 59.9 Å². The second kappa shape index (κ2) is 13.5. The second-order valence-corrected chi connectivity index (χ2v) is 16.1. The average Bonchev–Trinajstić information content (AvgIpc) is 3.58. The molecule has 7 aromatic carbocycles. The Balaban J connectivity index is 1.06. The number of allylic oxidation sites excluding steroid dienone is 4. The highest BCUT2D eigenvalue weighted by molar-refractivity contribution is 8.03. The van der Waals surface area contributed by atoms with Gasteiger partial charge in [-0.15, -0.1) is 0 Å². The van der Waals surface area contributed by atoms with Crippen molar-refractivity contribution in [1.29, 1.82) is 0 Å². The molecule has 4 heteroatoms. The van der Waals surface area contributed by atoms with E-state index in [1.807, 2.05) is 48.2 Å². The summed E-state index contributed by atoms with van der Waals surface area (Å²) in [4.78, 5) is 12.9. The second-order valence-electron chi connectivity index (χ2n) is 15.0. The number of aromatic nitrogens is 2. The quantitative estimate of drug-likeness (QED) is 0.178. The number of nitrogens with two attached hydrogens (primary N) is 1. The van der Waals surface area contributed by atoms with E-state index >= 15 is 0 Å². The van der Waals surface area contributed by atoms with Crippen molar-refractivity contribution in [2.24, 2.45) is 0 Å². The number of anilines is 1. The molecule has 0 radical (unpaired) electrons. The molecular weight excluding hydrogens is 711 g/mol. The summed E-state index contributed by atoms with van der Waals surface area (Å²) in [5, 5.41) is 0. The van der Waals surface area contributed by atoms with Gasteiger partial charge < -0.3 is 5.73 Å². The Hall–Kier alpha value is -6.75. The van der Waals surface area contributed by atoms with E-state index < -0.39 is 5.41 Å². The van der Waals surface area contributed by atoms with Gasteiger partial charge in [-0.3, -0.25) is 0 Å². The van der Waals surface area contributed by atoms with Gasteiger partial charge in [0.15, 0.2) is 5.82 Å². The molecule has 0 saturated carbocycles. The Morgan fingerprint density at radius 3 is 1.88 bits per heavy atom. The molecule has 0 bridgehead atoms. The van der Waals surface area contributed by atoms with Gasteiger partial charge in [-0.25, -0.2) is 9.97 Å². The highest BCUT2D eigenvalue weighted by atomic mass is 32.2. The highest BCUT2D eigenvalue weighted by Crippen LogP contribution is 2.65. The molecule has 0 amide bonds. The predicted octanol–water partition coefficient (Wildman–Crippen LogP) is 13.1. The molecule has 1 aromatic heterocycles. The number of benzene rings is 7. The van der Waals surface area contributed by atoms with Crippen LogP contribution in [0.25, 0.3) is 56.2 Å². The Morgan fingerprint density at radius 1 is 0.526 bits per heavy atom. The highest BCUT2D eigenvalue weighted by Gasteiger charge is 2.52. The first-order valence-corrected chi connectivity index (χ1v) is 20.4. The van der Waals surface area contributed by atoms with E-state index in [0.717, 1.165) is 46.0 Å². The van der Waals surface area contributed by atoms with Gasteiger partial charge in [0.1, 0.15) is 0 Å².